The van der Waals surface area contributed by atoms with Crippen LogP contribution in [0.1, 0.15) is 50.6 Å². The van der Waals surface area contributed by atoms with E-state index in [0.29, 0.717) is 13.0 Å². The Labute approximate surface area is 203 Å². The second kappa shape index (κ2) is 11.4. The van der Waals surface area contributed by atoms with Gasteiger partial charge in [0.05, 0.1) is 16.6 Å². The van der Waals surface area contributed by atoms with Crippen LogP contribution in [-0.4, -0.2) is 43.8 Å². The van der Waals surface area contributed by atoms with Gasteiger partial charge in [0.1, 0.15) is 5.69 Å². The lowest BCUT2D eigenvalue weighted by molar-refractivity contribution is 0.0370. The largest absolute Gasteiger partial charge is 0.458 e. The first-order chi connectivity index (χ1) is 16.7. The number of hydrogen-bond donors (Lipinski definition) is 2. The summed E-state index contributed by atoms with van der Waals surface area (Å²) in [6.07, 6.45) is 1.42. The topological polar surface area (TPSA) is 132 Å². The molecule has 0 atom stereocenters. The molecule has 3 rings (SSSR count). The maximum Gasteiger partial charge on any atom is 0.357 e. The van der Waals surface area contributed by atoms with Crippen LogP contribution in [0.25, 0.3) is 0 Å². The van der Waals surface area contributed by atoms with Crippen LogP contribution in [0.5, 0.6) is 0 Å². The Hall–Kier alpha value is -4.05. The number of hydrogen-bond acceptors (Lipinski definition) is 7. The summed E-state index contributed by atoms with van der Waals surface area (Å²) in [6, 6.07) is 17.5. The average Bonchev–Trinajstić information content (AvgIpc) is 2.84. The van der Waals surface area contributed by atoms with Gasteiger partial charge in [-0.05, 0) is 62.2 Å². The first-order valence-corrected chi connectivity index (χ1v) is 12.3. The maximum atomic E-state index is 12.6. The van der Waals surface area contributed by atoms with Crippen molar-refractivity contribution in [3.8, 4) is 0 Å². The molecule has 1 aromatic heterocycles. The van der Waals surface area contributed by atoms with Gasteiger partial charge in [0.2, 0.25) is 0 Å². The first-order valence-electron chi connectivity index (χ1n) is 10.8. The van der Waals surface area contributed by atoms with E-state index in [4.69, 9.17) is 4.74 Å². The molecule has 0 aliphatic rings. The minimum absolute atomic E-state index is 0.00394. The fourth-order valence-electron chi connectivity index (χ4n) is 3.02. The van der Waals surface area contributed by atoms with Gasteiger partial charge in [0.25, 0.3) is 21.8 Å². The molecule has 0 spiro atoms. The minimum Gasteiger partial charge on any atom is -0.458 e. The van der Waals surface area contributed by atoms with E-state index in [0.717, 1.165) is 11.8 Å². The molecule has 0 aliphatic carbocycles. The van der Waals surface area contributed by atoms with Gasteiger partial charge in [-0.25, -0.2) is 22.9 Å². The summed E-state index contributed by atoms with van der Waals surface area (Å²) in [4.78, 5) is 40.2. The molecule has 0 saturated carbocycles. The predicted molar refractivity (Wildman–Crippen MR) is 128 cm³/mol. The Kier molecular flexibility index (Phi) is 8.32. The number of benzene rings is 2. The van der Waals surface area contributed by atoms with Crippen molar-refractivity contribution in [2.24, 2.45) is 0 Å². The summed E-state index contributed by atoms with van der Waals surface area (Å²) in [5, 5.41) is 2.78. The summed E-state index contributed by atoms with van der Waals surface area (Å²) >= 11 is 0. The van der Waals surface area contributed by atoms with Gasteiger partial charge in [0.15, 0.2) is 0 Å². The average molecular weight is 496 g/mol. The molecule has 10 heteroatoms. The van der Waals surface area contributed by atoms with Crippen LogP contribution < -0.4 is 10.0 Å². The van der Waals surface area contributed by atoms with Gasteiger partial charge in [-0.3, -0.25) is 9.59 Å². The van der Waals surface area contributed by atoms with E-state index in [2.05, 4.69) is 10.3 Å². The van der Waals surface area contributed by atoms with E-state index in [-0.39, 0.29) is 33.7 Å². The number of esters is 1. The van der Waals surface area contributed by atoms with E-state index >= 15 is 0 Å². The highest BCUT2D eigenvalue weighted by molar-refractivity contribution is 7.90. The molecule has 0 radical (unpaired) electrons. The molecule has 2 amide bonds. The molecule has 0 saturated heterocycles. The third-order valence-corrected chi connectivity index (χ3v) is 6.12. The minimum atomic E-state index is -4.20. The molecule has 0 aliphatic heterocycles. The number of nitrogens with one attached hydrogen (secondary N) is 2. The summed E-state index contributed by atoms with van der Waals surface area (Å²) in [5.74, 6) is -1.90. The standard InChI is InChI=1S/C25H25N3O6S/c1-17(2)34-25(31)22-13-10-20(16-27-22)24(30)28-35(32,33)21-11-8-19(9-12-21)23(29)26-15-14-18-6-4-3-5-7-18/h3-13,16-17H,14-15H2,1-2H3,(H,26,29)(H,28,30). The van der Waals surface area contributed by atoms with Crippen molar-refractivity contribution in [1.29, 1.82) is 0 Å². The van der Waals surface area contributed by atoms with Gasteiger partial charge in [0, 0.05) is 18.3 Å². The molecule has 0 fully saturated rings. The molecule has 0 bridgehead atoms. The molecule has 182 valence electrons. The Morgan fingerprint density at radius 2 is 1.54 bits per heavy atom. The quantitative estimate of drug-likeness (QED) is 0.436. The Morgan fingerprint density at radius 3 is 2.14 bits per heavy atom. The second-order valence-corrected chi connectivity index (χ2v) is 9.52. The fourth-order valence-corrected chi connectivity index (χ4v) is 3.99. The van der Waals surface area contributed by atoms with Crippen LogP contribution in [0.3, 0.4) is 0 Å². The zero-order valence-electron chi connectivity index (χ0n) is 19.2. The SMILES string of the molecule is CC(C)OC(=O)c1ccc(C(=O)NS(=O)(=O)c2ccc(C(=O)NCCc3ccccc3)cc2)cn1. The number of pyridine rings is 1. The van der Waals surface area contributed by atoms with Gasteiger partial charge in [-0.2, -0.15) is 0 Å². The number of amides is 2. The third kappa shape index (κ3) is 7.21. The zero-order chi connectivity index (χ0) is 25.4. The van der Waals surface area contributed by atoms with Gasteiger partial charge in [-0.15, -0.1) is 0 Å². The summed E-state index contributed by atoms with van der Waals surface area (Å²) in [6.45, 7) is 3.81. The smallest absolute Gasteiger partial charge is 0.357 e. The van der Waals surface area contributed by atoms with Crippen LogP contribution >= 0.6 is 0 Å². The van der Waals surface area contributed by atoms with E-state index in [1.165, 1.54) is 36.4 Å². The van der Waals surface area contributed by atoms with Crippen LogP contribution in [0, 0.1) is 0 Å². The van der Waals surface area contributed by atoms with Gasteiger partial charge in [-0.1, -0.05) is 30.3 Å². The number of carbonyl (C=O) groups excluding carboxylic acids is 3. The highest BCUT2D eigenvalue weighted by Crippen LogP contribution is 2.12. The zero-order valence-corrected chi connectivity index (χ0v) is 20.0. The van der Waals surface area contributed by atoms with Crippen molar-refractivity contribution in [2.75, 3.05) is 6.54 Å². The normalized spacial score (nSPS) is 11.1. The molecule has 1 heterocycles. The van der Waals surface area contributed by atoms with Crippen molar-refractivity contribution in [3.05, 3.63) is 95.3 Å². The molecular weight excluding hydrogens is 470 g/mol. The lowest BCUT2D eigenvalue weighted by Crippen LogP contribution is -2.31. The summed E-state index contributed by atoms with van der Waals surface area (Å²) in [5.41, 5.74) is 1.32. The molecular formula is C25H25N3O6S. The van der Waals surface area contributed by atoms with Crippen molar-refractivity contribution in [2.45, 2.75) is 31.3 Å². The Bertz CT molecular complexity index is 1290. The Balaban J connectivity index is 1.58. The number of rotatable bonds is 9. The number of aromatic nitrogens is 1. The number of sulfonamides is 1. The Morgan fingerprint density at radius 1 is 0.886 bits per heavy atom. The van der Waals surface area contributed by atoms with Crippen LogP contribution in [0.2, 0.25) is 0 Å². The van der Waals surface area contributed by atoms with E-state index in [1.807, 2.05) is 35.1 Å². The van der Waals surface area contributed by atoms with Gasteiger partial charge >= 0.3 is 5.97 Å². The summed E-state index contributed by atoms with van der Waals surface area (Å²) < 4.78 is 32.2. The van der Waals surface area contributed by atoms with Gasteiger partial charge < -0.3 is 10.1 Å². The van der Waals surface area contributed by atoms with Crippen molar-refractivity contribution >= 4 is 27.8 Å². The highest BCUT2D eigenvalue weighted by Gasteiger charge is 2.20. The van der Waals surface area contributed by atoms with Crippen molar-refractivity contribution in [3.63, 3.8) is 0 Å². The van der Waals surface area contributed by atoms with Crippen LogP contribution in [0.15, 0.2) is 77.8 Å². The summed E-state index contributed by atoms with van der Waals surface area (Å²) in [7, 11) is -4.20. The lowest BCUT2D eigenvalue weighted by atomic mass is 10.1. The fraction of sp³-hybridized carbons (Fsp3) is 0.200. The van der Waals surface area contributed by atoms with Crippen molar-refractivity contribution < 1.29 is 27.5 Å². The number of ether oxygens (including phenoxy) is 1. The first kappa shape index (κ1) is 25.6. The van der Waals surface area contributed by atoms with Crippen molar-refractivity contribution in [1.82, 2.24) is 15.0 Å². The van der Waals surface area contributed by atoms with Crippen LogP contribution in [-0.2, 0) is 21.2 Å². The molecule has 2 N–H and O–H groups in total. The maximum absolute atomic E-state index is 12.6. The number of nitrogens with zero attached hydrogens (tertiary/aromatic N) is 1. The van der Waals surface area contributed by atoms with E-state index in [9.17, 15) is 22.8 Å². The lowest BCUT2D eigenvalue weighted by Gasteiger charge is -2.09. The molecule has 9 nitrogen and oxygen atoms in total. The predicted octanol–water partition coefficient (Wildman–Crippen LogP) is 2.74. The molecule has 2 aromatic carbocycles. The monoisotopic (exact) mass is 495 g/mol. The van der Waals surface area contributed by atoms with Crippen LogP contribution in [0.4, 0.5) is 0 Å². The molecule has 0 unspecified atom stereocenters. The highest BCUT2D eigenvalue weighted by atomic mass is 32.2. The number of carbonyl (C=O) groups is 3. The molecule has 35 heavy (non-hydrogen) atoms. The second-order valence-electron chi connectivity index (χ2n) is 7.84. The third-order valence-electron chi connectivity index (χ3n) is 4.77. The van der Waals surface area contributed by atoms with E-state index < -0.39 is 21.9 Å². The molecule has 3 aromatic rings. The van der Waals surface area contributed by atoms with E-state index in [1.54, 1.807) is 13.8 Å².